The fourth-order valence-corrected chi connectivity index (χ4v) is 1.80. The third-order valence-electron chi connectivity index (χ3n) is 3.17. The Hall–Kier alpha value is -1.34. The normalized spacial score (nSPS) is 16.8. The van der Waals surface area contributed by atoms with Gasteiger partial charge in [-0.1, -0.05) is 0 Å². The molecule has 0 radical (unpaired) electrons. The second-order valence-corrected chi connectivity index (χ2v) is 5.21. The zero-order valence-corrected chi connectivity index (χ0v) is 11.3. The van der Waals surface area contributed by atoms with Crippen LogP contribution >= 0.6 is 0 Å². The van der Waals surface area contributed by atoms with Gasteiger partial charge < -0.3 is 15.2 Å². The summed E-state index contributed by atoms with van der Waals surface area (Å²) in [6, 6.07) is 2.64. The number of nitrogens with one attached hydrogen (secondary N) is 1. The van der Waals surface area contributed by atoms with E-state index in [-0.39, 0.29) is 18.8 Å². The Balaban J connectivity index is 1.81. The first-order valence-corrected chi connectivity index (χ1v) is 6.72. The van der Waals surface area contributed by atoms with Crippen LogP contribution in [0.25, 0.3) is 0 Å². The van der Waals surface area contributed by atoms with Crippen LogP contribution < -0.4 is 5.32 Å². The summed E-state index contributed by atoms with van der Waals surface area (Å²) in [5, 5.41) is 12.3. The molecular formula is C14H17F4NO2. The zero-order chi connectivity index (χ0) is 15.5. The lowest BCUT2D eigenvalue weighted by molar-refractivity contribution is -0.139. The molecule has 3 nitrogen and oxygen atoms in total. The second-order valence-electron chi connectivity index (χ2n) is 5.21. The van der Waals surface area contributed by atoms with E-state index in [1.807, 2.05) is 0 Å². The molecular weight excluding hydrogens is 290 g/mol. The molecule has 118 valence electrons. The van der Waals surface area contributed by atoms with Crippen molar-refractivity contribution in [3.05, 3.63) is 29.6 Å². The maximum atomic E-state index is 13.1. The summed E-state index contributed by atoms with van der Waals surface area (Å²) in [4.78, 5) is 0. The Morgan fingerprint density at radius 1 is 1.33 bits per heavy atom. The van der Waals surface area contributed by atoms with Crippen LogP contribution in [0.2, 0.25) is 0 Å². The first-order valence-electron chi connectivity index (χ1n) is 6.72. The largest absolute Gasteiger partial charge is 0.419 e. The summed E-state index contributed by atoms with van der Waals surface area (Å²) in [7, 11) is 0. The number of alkyl halides is 3. The van der Waals surface area contributed by atoms with Gasteiger partial charge in [-0.05, 0) is 37.0 Å². The molecule has 1 saturated carbocycles. The first-order chi connectivity index (χ1) is 9.86. The molecule has 0 heterocycles. The van der Waals surface area contributed by atoms with Gasteiger partial charge in [0.1, 0.15) is 5.82 Å². The van der Waals surface area contributed by atoms with Gasteiger partial charge in [-0.3, -0.25) is 0 Å². The van der Waals surface area contributed by atoms with Gasteiger partial charge >= 0.3 is 6.18 Å². The van der Waals surface area contributed by atoms with Gasteiger partial charge in [0, 0.05) is 18.8 Å². The van der Waals surface area contributed by atoms with Crippen LogP contribution in [-0.4, -0.2) is 31.0 Å². The lowest BCUT2D eigenvalue weighted by Gasteiger charge is -2.15. The van der Waals surface area contributed by atoms with E-state index in [1.54, 1.807) is 0 Å². The van der Waals surface area contributed by atoms with Gasteiger partial charge in [-0.25, -0.2) is 4.39 Å². The molecule has 1 fully saturated rings. The molecule has 0 spiro atoms. The molecule has 0 aromatic heterocycles. The van der Waals surface area contributed by atoms with E-state index in [1.165, 1.54) is 6.07 Å². The van der Waals surface area contributed by atoms with E-state index in [0.717, 1.165) is 18.9 Å². The number of benzene rings is 1. The standard InChI is InChI=1S/C14H17F4NO2/c15-13-4-3-10(5-12(13)14(16,17)18)19-6-11(20)8-21-7-9-1-2-9/h3-5,9,11,19-20H,1-2,6-8H2. The third kappa shape index (κ3) is 5.17. The molecule has 1 aromatic carbocycles. The Morgan fingerprint density at radius 3 is 2.67 bits per heavy atom. The van der Waals surface area contributed by atoms with Crippen LogP contribution in [0.5, 0.6) is 0 Å². The molecule has 1 aliphatic carbocycles. The maximum Gasteiger partial charge on any atom is 0.419 e. The van der Waals surface area contributed by atoms with Crippen LogP contribution in [-0.2, 0) is 10.9 Å². The van der Waals surface area contributed by atoms with E-state index < -0.39 is 23.7 Å². The summed E-state index contributed by atoms with van der Waals surface area (Å²) >= 11 is 0. The van der Waals surface area contributed by atoms with Crippen LogP contribution in [0.1, 0.15) is 18.4 Å². The van der Waals surface area contributed by atoms with Crippen LogP contribution in [0.15, 0.2) is 18.2 Å². The van der Waals surface area contributed by atoms with Crippen molar-refractivity contribution >= 4 is 5.69 Å². The van der Waals surface area contributed by atoms with Crippen molar-refractivity contribution in [2.75, 3.05) is 25.1 Å². The molecule has 1 atom stereocenters. The molecule has 0 saturated heterocycles. The Labute approximate surface area is 119 Å². The minimum Gasteiger partial charge on any atom is -0.389 e. The Bertz CT molecular complexity index is 475. The monoisotopic (exact) mass is 307 g/mol. The SMILES string of the molecule is OC(CNc1ccc(F)c(C(F)(F)F)c1)COCC1CC1. The van der Waals surface area contributed by atoms with Gasteiger partial charge in [0.05, 0.1) is 18.3 Å². The topological polar surface area (TPSA) is 41.5 Å². The van der Waals surface area contributed by atoms with Crippen molar-refractivity contribution in [2.24, 2.45) is 5.92 Å². The quantitative estimate of drug-likeness (QED) is 0.761. The minimum absolute atomic E-state index is 0.0353. The van der Waals surface area contributed by atoms with Gasteiger partial charge in [0.2, 0.25) is 0 Å². The molecule has 2 N–H and O–H groups in total. The average Bonchev–Trinajstić information content (AvgIpc) is 3.20. The van der Waals surface area contributed by atoms with Crippen molar-refractivity contribution in [3.8, 4) is 0 Å². The predicted octanol–water partition coefficient (Wildman–Crippen LogP) is 3.04. The molecule has 0 aliphatic heterocycles. The molecule has 21 heavy (non-hydrogen) atoms. The number of halogens is 4. The average molecular weight is 307 g/mol. The lowest BCUT2D eigenvalue weighted by Crippen LogP contribution is -2.25. The van der Waals surface area contributed by atoms with Gasteiger partial charge in [-0.15, -0.1) is 0 Å². The Kier molecular flexibility index (Phi) is 5.05. The third-order valence-corrected chi connectivity index (χ3v) is 3.17. The van der Waals surface area contributed by atoms with Crippen molar-refractivity contribution in [3.63, 3.8) is 0 Å². The van der Waals surface area contributed by atoms with Crippen molar-refractivity contribution in [1.29, 1.82) is 0 Å². The smallest absolute Gasteiger partial charge is 0.389 e. The Morgan fingerprint density at radius 2 is 2.05 bits per heavy atom. The molecule has 0 amide bonds. The molecule has 0 bridgehead atoms. The number of anilines is 1. The summed E-state index contributed by atoms with van der Waals surface area (Å²) in [6.45, 7) is 0.760. The van der Waals surface area contributed by atoms with E-state index in [4.69, 9.17) is 4.74 Å². The van der Waals surface area contributed by atoms with E-state index >= 15 is 0 Å². The number of hydrogen-bond donors (Lipinski definition) is 2. The highest BCUT2D eigenvalue weighted by Gasteiger charge is 2.34. The molecule has 1 aliphatic rings. The van der Waals surface area contributed by atoms with Gasteiger partial charge in [0.25, 0.3) is 0 Å². The first kappa shape index (κ1) is 16.0. The highest BCUT2D eigenvalue weighted by molar-refractivity contribution is 5.47. The highest BCUT2D eigenvalue weighted by atomic mass is 19.4. The van der Waals surface area contributed by atoms with Crippen LogP contribution in [0.4, 0.5) is 23.2 Å². The van der Waals surface area contributed by atoms with Crippen molar-refractivity contribution in [2.45, 2.75) is 25.1 Å². The fraction of sp³-hybridized carbons (Fsp3) is 0.571. The molecule has 1 aromatic rings. The number of hydrogen-bond acceptors (Lipinski definition) is 3. The zero-order valence-electron chi connectivity index (χ0n) is 11.3. The summed E-state index contributed by atoms with van der Waals surface area (Å²) in [5.41, 5.74) is -1.23. The summed E-state index contributed by atoms with van der Waals surface area (Å²) in [5.74, 6) is -0.738. The van der Waals surface area contributed by atoms with Crippen molar-refractivity contribution < 1.29 is 27.4 Å². The second kappa shape index (κ2) is 6.62. The molecule has 1 unspecified atom stereocenters. The molecule has 7 heteroatoms. The van der Waals surface area contributed by atoms with E-state index in [0.29, 0.717) is 18.6 Å². The maximum absolute atomic E-state index is 13.1. The van der Waals surface area contributed by atoms with Crippen molar-refractivity contribution in [1.82, 2.24) is 0 Å². The summed E-state index contributed by atoms with van der Waals surface area (Å²) < 4.78 is 56.0. The predicted molar refractivity (Wildman–Crippen MR) is 69.4 cm³/mol. The highest BCUT2D eigenvalue weighted by Crippen LogP contribution is 2.33. The van der Waals surface area contributed by atoms with Crippen LogP contribution in [0.3, 0.4) is 0 Å². The van der Waals surface area contributed by atoms with E-state index in [9.17, 15) is 22.7 Å². The minimum atomic E-state index is -4.74. The van der Waals surface area contributed by atoms with Crippen LogP contribution in [0, 0.1) is 11.7 Å². The number of aliphatic hydroxyl groups excluding tert-OH is 1. The fourth-order valence-electron chi connectivity index (χ4n) is 1.80. The van der Waals surface area contributed by atoms with Gasteiger partial charge in [0.15, 0.2) is 0 Å². The number of rotatable bonds is 7. The number of aliphatic hydroxyl groups is 1. The lowest BCUT2D eigenvalue weighted by atomic mass is 10.1. The summed E-state index contributed by atoms with van der Waals surface area (Å²) in [6.07, 6.45) is -3.29. The van der Waals surface area contributed by atoms with E-state index in [2.05, 4.69) is 5.32 Å². The number of ether oxygens (including phenoxy) is 1. The van der Waals surface area contributed by atoms with Gasteiger partial charge in [-0.2, -0.15) is 13.2 Å². The molecule has 2 rings (SSSR count).